The lowest BCUT2D eigenvalue weighted by atomic mass is 10.1. The number of halogens is 3. The average Bonchev–Trinajstić information content (AvgIpc) is 3.29. The third kappa shape index (κ3) is 7.45. The SMILES string of the molecule is C#CCO[C@H]1C[C@H](n2cc(C(F)(F)F)c(=O)n(C(=O)c3ccccc3)c2=O)O[C@@H]1COC(C)(C)OCCCC. The van der Waals surface area contributed by atoms with Crippen molar-refractivity contribution in [2.75, 3.05) is 19.8 Å². The van der Waals surface area contributed by atoms with Crippen molar-refractivity contribution in [1.29, 1.82) is 0 Å². The number of carbonyl (C=O) groups excluding carboxylic acids is 1. The van der Waals surface area contributed by atoms with Crippen LogP contribution in [0.15, 0.2) is 46.1 Å². The molecule has 2 heterocycles. The van der Waals surface area contributed by atoms with Crippen molar-refractivity contribution in [1.82, 2.24) is 9.13 Å². The molecule has 0 saturated carbocycles. The molecule has 12 heteroatoms. The topological polar surface area (TPSA) is 98.0 Å². The van der Waals surface area contributed by atoms with Crippen LogP contribution in [0.1, 0.15) is 62.2 Å². The molecule has 0 unspecified atom stereocenters. The van der Waals surface area contributed by atoms with Gasteiger partial charge in [0.2, 0.25) is 0 Å². The first kappa shape index (κ1) is 30.3. The first-order chi connectivity index (χ1) is 18.4. The fourth-order valence-corrected chi connectivity index (χ4v) is 4.00. The Labute approximate surface area is 223 Å². The van der Waals surface area contributed by atoms with Crippen molar-refractivity contribution >= 4 is 5.91 Å². The molecule has 3 rings (SSSR count). The molecule has 0 aliphatic carbocycles. The zero-order chi connectivity index (χ0) is 28.8. The Morgan fingerprint density at radius 1 is 1.18 bits per heavy atom. The van der Waals surface area contributed by atoms with Gasteiger partial charge in [-0.05, 0) is 32.4 Å². The van der Waals surface area contributed by atoms with E-state index in [9.17, 15) is 27.6 Å². The summed E-state index contributed by atoms with van der Waals surface area (Å²) in [5.74, 6) is 0.119. The molecule has 0 N–H and O–H groups in total. The van der Waals surface area contributed by atoms with Crippen molar-refractivity contribution in [2.45, 2.75) is 70.4 Å². The van der Waals surface area contributed by atoms with Gasteiger partial charge in [-0.25, -0.2) is 4.79 Å². The predicted octanol–water partition coefficient (Wildman–Crippen LogP) is 3.59. The van der Waals surface area contributed by atoms with Crippen LogP contribution in [0.5, 0.6) is 0 Å². The number of benzene rings is 1. The summed E-state index contributed by atoms with van der Waals surface area (Å²) in [7, 11) is 0. The van der Waals surface area contributed by atoms with E-state index in [0.717, 1.165) is 12.8 Å². The van der Waals surface area contributed by atoms with E-state index in [-0.39, 0.29) is 29.8 Å². The fourth-order valence-electron chi connectivity index (χ4n) is 4.00. The molecule has 9 nitrogen and oxygen atoms in total. The lowest BCUT2D eigenvalue weighted by Gasteiger charge is -2.28. The molecule has 0 bridgehead atoms. The second-order valence-corrected chi connectivity index (χ2v) is 9.37. The van der Waals surface area contributed by atoms with E-state index in [1.165, 1.54) is 24.3 Å². The zero-order valence-corrected chi connectivity index (χ0v) is 21.9. The van der Waals surface area contributed by atoms with Crippen LogP contribution < -0.4 is 11.2 Å². The van der Waals surface area contributed by atoms with Gasteiger partial charge in [0.15, 0.2) is 5.79 Å². The van der Waals surface area contributed by atoms with Gasteiger partial charge >= 0.3 is 11.9 Å². The molecule has 1 fully saturated rings. The number of hydrogen-bond acceptors (Lipinski definition) is 7. The lowest BCUT2D eigenvalue weighted by molar-refractivity contribution is -0.231. The summed E-state index contributed by atoms with van der Waals surface area (Å²) in [5, 5.41) is 0. The van der Waals surface area contributed by atoms with Crippen LogP contribution >= 0.6 is 0 Å². The number of terminal acetylenes is 1. The molecule has 0 radical (unpaired) electrons. The molecule has 0 amide bonds. The summed E-state index contributed by atoms with van der Waals surface area (Å²) in [4.78, 5) is 39.0. The second-order valence-electron chi connectivity index (χ2n) is 9.37. The number of rotatable bonds is 11. The molecule has 1 saturated heterocycles. The Bertz CT molecular complexity index is 1300. The van der Waals surface area contributed by atoms with Crippen LogP contribution in [0.2, 0.25) is 0 Å². The van der Waals surface area contributed by atoms with Crippen molar-refractivity contribution in [3.05, 3.63) is 68.5 Å². The van der Waals surface area contributed by atoms with Crippen LogP contribution in [0.4, 0.5) is 13.2 Å². The third-order valence-electron chi connectivity index (χ3n) is 6.06. The minimum Gasteiger partial charge on any atom is -0.363 e. The van der Waals surface area contributed by atoms with Gasteiger partial charge in [-0.3, -0.25) is 14.2 Å². The van der Waals surface area contributed by atoms with Crippen molar-refractivity contribution < 1.29 is 36.9 Å². The van der Waals surface area contributed by atoms with Gasteiger partial charge < -0.3 is 18.9 Å². The standard InChI is InChI=1S/C27H31F3N2O7/c1-5-7-14-37-26(3,4)38-17-21-20(36-13-6-2)15-22(39-21)31-16-19(27(28,29)30)24(34)32(25(31)35)23(33)18-11-9-8-10-12-18/h2,8-12,16,20-22H,5,7,13-15,17H2,1,3-4H3/t20-,21+,22+/m0/s1. The molecule has 39 heavy (non-hydrogen) atoms. The number of nitrogens with zero attached hydrogens (tertiary/aromatic N) is 2. The molecule has 1 aromatic carbocycles. The molecule has 1 aromatic heterocycles. The van der Waals surface area contributed by atoms with E-state index in [1.54, 1.807) is 19.9 Å². The molecule has 1 aliphatic heterocycles. The van der Waals surface area contributed by atoms with Gasteiger partial charge in [-0.2, -0.15) is 17.7 Å². The van der Waals surface area contributed by atoms with Crippen LogP contribution in [0.25, 0.3) is 0 Å². The van der Waals surface area contributed by atoms with Gasteiger partial charge in [0.05, 0.1) is 12.7 Å². The van der Waals surface area contributed by atoms with E-state index in [0.29, 0.717) is 17.4 Å². The van der Waals surface area contributed by atoms with E-state index in [2.05, 4.69) is 5.92 Å². The predicted molar refractivity (Wildman–Crippen MR) is 134 cm³/mol. The van der Waals surface area contributed by atoms with E-state index < -0.39 is 53.1 Å². The summed E-state index contributed by atoms with van der Waals surface area (Å²) < 4.78 is 65.1. The maximum Gasteiger partial charge on any atom is 0.423 e. The first-order valence-electron chi connectivity index (χ1n) is 12.4. The molecule has 1 aliphatic rings. The number of unbranched alkanes of at least 4 members (excludes halogenated alkanes) is 1. The van der Waals surface area contributed by atoms with Crippen LogP contribution in [0, 0.1) is 12.3 Å². The molecular weight excluding hydrogens is 521 g/mol. The molecule has 2 aromatic rings. The van der Waals surface area contributed by atoms with Gasteiger partial charge in [0, 0.05) is 24.8 Å². The highest BCUT2D eigenvalue weighted by atomic mass is 19.4. The number of hydrogen-bond donors (Lipinski definition) is 0. The third-order valence-corrected chi connectivity index (χ3v) is 6.06. The largest absolute Gasteiger partial charge is 0.423 e. The van der Waals surface area contributed by atoms with E-state index >= 15 is 0 Å². The van der Waals surface area contributed by atoms with Gasteiger partial charge in [-0.15, -0.1) is 6.42 Å². The van der Waals surface area contributed by atoms with Crippen molar-refractivity contribution in [3.63, 3.8) is 0 Å². The first-order valence-corrected chi connectivity index (χ1v) is 12.4. The number of alkyl halides is 3. The Balaban J connectivity index is 1.97. The average molecular weight is 553 g/mol. The maximum absolute atomic E-state index is 13.8. The minimum absolute atomic E-state index is 0.0344. The monoisotopic (exact) mass is 552 g/mol. The second kappa shape index (κ2) is 12.7. The van der Waals surface area contributed by atoms with Gasteiger partial charge in [0.25, 0.3) is 11.5 Å². The summed E-state index contributed by atoms with van der Waals surface area (Å²) in [6, 6.07) is 7.05. The molecule has 0 spiro atoms. The summed E-state index contributed by atoms with van der Waals surface area (Å²) >= 11 is 0. The molecule has 212 valence electrons. The Morgan fingerprint density at radius 2 is 1.87 bits per heavy atom. The van der Waals surface area contributed by atoms with Gasteiger partial charge in [0.1, 0.15) is 24.5 Å². The summed E-state index contributed by atoms with van der Waals surface area (Å²) in [6.07, 6.45) is -0.740. The van der Waals surface area contributed by atoms with Crippen molar-refractivity contribution in [2.24, 2.45) is 0 Å². The summed E-state index contributed by atoms with van der Waals surface area (Å²) in [6.45, 7) is 5.67. The van der Waals surface area contributed by atoms with Crippen LogP contribution in [-0.4, -0.2) is 52.9 Å². The fraction of sp³-hybridized carbons (Fsp3) is 0.519. The Hall–Kier alpha value is -3.24. The normalized spacial score (nSPS) is 19.7. The number of aromatic nitrogens is 2. The number of carbonyl (C=O) groups is 1. The maximum atomic E-state index is 13.8. The molecule has 3 atom stereocenters. The number of ether oxygens (including phenoxy) is 4. The highest BCUT2D eigenvalue weighted by molar-refractivity contribution is 5.95. The van der Waals surface area contributed by atoms with Crippen LogP contribution in [-0.2, 0) is 25.1 Å². The zero-order valence-electron chi connectivity index (χ0n) is 21.9. The smallest absolute Gasteiger partial charge is 0.363 e. The van der Waals surface area contributed by atoms with Crippen molar-refractivity contribution in [3.8, 4) is 12.3 Å². The molecular formula is C27H31F3N2O7. The minimum atomic E-state index is -5.15. The Morgan fingerprint density at radius 3 is 2.49 bits per heavy atom. The summed E-state index contributed by atoms with van der Waals surface area (Å²) in [5.41, 5.74) is -4.89. The highest BCUT2D eigenvalue weighted by Crippen LogP contribution is 2.33. The lowest BCUT2D eigenvalue weighted by Crippen LogP contribution is -2.47. The quantitative estimate of drug-likeness (QED) is 0.239. The van der Waals surface area contributed by atoms with E-state index in [4.69, 9.17) is 25.4 Å². The Kier molecular flexibility index (Phi) is 9.90. The van der Waals surface area contributed by atoms with Gasteiger partial charge in [-0.1, -0.05) is 37.5 Å². The van der Waals surface area contributed by atoms with E-state index in [1.807, 2.05) is 6.92 Å². The van der Waals surface area contributed by atoms with Crippen LogP contribution in [0.3, 0.4) is 0 Å². The highest BCUT2D eigenvalue weighted by Gasteiger charge is 2.42.